The SMILES string of the molecule is CC(C)Cc1ccc([C@@H](C(=O)Sc2ccccc2)[C@H](O)c2ccccc2)cc1. The van der Waals surface area contributed by atoms with Gasteiger partial charge < -0.3 is 5.11 Å². The lowest BCUT2D eigenvalue weighted by atomic mass is 9.89. The third kappa shape index (κ3) is 5.34. The van der Waals surface area contributed by atoms with Gasteiger partial charge in [0.2, 0.25) is 5.12 Å². The van der Waals surface area contributed by atoms with Crippen LogP contribution in [0.2, 0.25) is 0 Å². The van der Waals surface area contributed by atoms with Gasteiger partial charge in [-0.3, -0.25) is 4.79 Å². The lowest BCUT2D eigenvalue weighted by molar-refractivity contribution is -0.114. The molecule has 0 aliphatic rings. The average Bonchev–Trinajstić information content (AvgIpc) is 2.70. The topological polar surface area (TPSA) is 37.3 Å². The van der Waals surface area contributed by atoms with Gasteiger partial charge in [-0.2, -0.15) is 0 Å². The second-order valence-electron chi connectivity index (χ2n) is 7.41. The minimum absolute atomic E-state index is 0.0563. The maximum Gasteiger partial charge on any atom is 0.204 e. The van der Waals surface area contributed by atoms with Crippen molar-refractivity contribution in [1.29, 1.82) is 0 Å². The van der Waals surface area contributed by atoms with Crippen LogP contribution in [0.25, 0.3) is 0 Å². The van der Waals surface area contributed by atoms with Gasteiger partial charge in [-0.05, 0) is 41.2 Å². The predicted molar refractivity (Wildman–Crippen MR) is 116 cm³/mol. The summed E-state index contributed by atoms with van der Waals surface area (Å²) in [5, 5.41) is 11.0. The Balaban J connectivity index is 1.90. The quantitative estimate of drug-likeness (QED) is 0.501. The number of benzene rings is 3. The predicted octanol–water partition coefficient (Wildman–Crippen LogP) is 6.02. The van der Waals surface area contributed by atoms with E-state index in [1.807, 2.05) is 72.8 Å². The van der Waals surface area contributed by atoms with Gasteiger partial charge in [0.05, 0.1) is 12.0 Å². The highest BCUT2D eigenvalue weighted by atomic mass is 32.2. The third-order valence-electron chi connectivity index (χ3n) is 4.66. The number of aliphatic hydroxyl groups is 1. The molecule has 3 rings (SSSR count). The fourth-order valence-corrected chi connectivity index (χ4v) is 4.21. The van der Waals surface area contributed by atoms with Gasteiger partial charge >= 0.3 is 0 Å². The smallest absolute Gasteiger partial charge is 0.204 e. The Morgan fingerprint density at radius 1 is 0.821 bits per heavy atom. The molecule has 0 spiro atoms. The number of rotatable bonds is 7. The van der Waals surface area contributed by atoms with Crippen LogP contribution in [0, 0.1) is 5.92 Å². The molecule has 2 atom stereocenters. The van der Waals surface area contributed by atoms with Crippen LogP contribution in [-0.2, 0) is 11.2 Å². The molecule has 0 aliphatic carbocycles. The van der Waals surface area contributed by atoms with E-state index in [0.717, 1.165) is 22.4 Å². The van der Waals surface area contributed by atoms with Gasteiger partial charge in [0, 0.05) is 4.90 Å². The molecular weight excluding hydrogens is 364 g/mol. The van der Waals surface area contributed by atoms with E-state index < -0.39 is 12.0 Å². The summed E-state index contributed by atoms with van der Waals surface area (Å²) in [5.41, 5.74) is 2.84. The summed E-state index contributed by atoms with van der Waals surface area (Å²) < 4.78 is 0. The fraction of sp³-hybridized carbons (Fsp3) is 0.240. The summed E-state index contributed by atoms with van der Waals surface area (Å²) in [7, 11) is 0. The minimum atomic E-state index is -0.888. The van der Waals surface area contributed by atoms with Crippen molar-refractivity contribution in [2.45, 2.75) is 37.2 Å². The zero-order chi connectivity index (χ0) is 19.9. The molecule has 3 aromatic carbocycles. The number of carbonyl (C=O) groups is 1. The molecular formula is C25H26O2S. The van der Waals surface area contributed by atoms with Crippen molar-refractivity contribution in [3.8, 4) is 0 Å². The van der Waals surface area contributed by atoms with Crippen molar-refractivity contribution in [2.24, 2.45) is 5.92 Å². The van der Waals surface area contributed by atoms with E-state index in [1.165, 1.54) is 17.3 Å². The highest BCUT2D eigenvalue weighted by Gasteiger charge is 2.30. The van der Waals surface area contributed by atoms with Crippen LogP contribution in [0.1, 0.15) is 42.6 Å². The van der Waals surface area contributed by atoms with Crippen LogP contribution in [0.3, 0.4) is 0 Å². The van der Waals surface area contributed by atoms with Crippen molar-refractivity contribution in [1.82, 2.24) is 0 Å². The zero-order valence-electron chi connectivity index (χ0n) is 16.3. The molecule has 3 heteroatoms. The molecule has 0 fully saturated rings. The van der Waals surface area contributed by atoms with Crippen molar-refractivity contribution in [3.63, 3.8) is 0 Å². The van der Waals surface area contributed by atoms with E-state index >= 15 is 0 Å². The molecule has 0 radical (unpaired) electrons. The van der Waals surface area contributed by atoms with Gasteiger partial charge in [-0.1, -0.05) is 98.4 Å². The van der Waals surface area contributed by atoms with E-state index in [4.69, 9.17) is 0 Å². The van der Waals surface area contributed by atoms with Crippen LogP contribution in [0.15, 0.2) is 89.8 Å². The van der Waals surface area contributed by atoms with E-state index in [1.54, 1.807) is 0 Å². The van der Waals surface area contributed by atoms with Crippen LogP contribution in [0.4, 0.5) is 0 Å². The van der Waals surface area contributed by atoms with Crippen molar-refractivity contribution < 1.29 is 9.90 Å². The summed E-state index contributed by atoms with van der Waals surface area (Å²) in [6, 6.07) is 27.1. The van der Waals surface area contributed by atoms with Crippen molar-refractivity contribution in [3.05, 3.63) is 102 Å². The molecule has 0 amide bonds. The van der Waals surface area contributed by atoms with Gasteiger partial charge in [0.15, 0.2) is 0 Å². The number of aliphatic hydroxyl groups excluding tert-OH is 1. The Kier molecular flexibility index (Phi) is 7.07. The fourth-order valence-electron chi connectivity index (χ4n) is 3.29. The lowest BCUT2D eigenvalue weighted by Crippen LogP contribution is -2.18. The van der Waals surface area contributed by atoms with Crippen molar-refractivity contribution >= 4 is 16.9 Å². The van der Waals surface area contributed by atoms with E-state index in [2.05, 4.69) is 26.0 Å². The standard InChI is InChI=1S/C25H26O2S/c1-18(2)17-19-13-15-20(16-14-19)23(24(26)21-9-5-3-6-10-21)25(27)28-22-11-7-4-8-12-22/h3-16,18,23-24,26H,17H2,1-2H3/t23-,24-/m1/s1. The number of hydrogen-bond donors (Lipinski definition) is 1. The largest absolute Gasteiger partial charge is 0.387 e. The molecule has 0 bridgehead atoms. The first-order chi connectivity index (χ1) is 13.5. The number of thioether (sulfide) groups is 1. The first-order valence-electron chi connectivity index (χ1n) is 9.63. The maximum absolute atomic E-state index is 13.2. The minimum Gasteiger partial charge on any atom is -0.387 e. The van der Waals surface area contributed by atoms with Gasteiger partial charge in [-0.25, -0.2) is 0 Å². The molecule has 144 valence electrons. The second-order valence-corrected chi connectivity index (χ2v) is 8.48. The molecule has 3 aromatic rings. The Morgan fingerprint density at radius 3 is 1.96 bits per heavy atom. The van der Waals surface area contributed by atoms with E-state index in [9.17, 15) is 9.90 Å². The maximum atomic E-state index is 13.2. The molecule has 1 N–H and O–H groups in total. The second kappa shape index (κ2) is 9.72. The van der Waals surface area contributed by atoms with Gasteiger partial charge in [-0.15, -0.1) is 0 Å². The van der Waals surface area contributed by atoms with Crippen LogP contribution in [-0.4, -0.2) is 10.2 Å². The van der Waals surface area contributed by atoms with E-state index in [-0.39, 0.29) is 5.12 Å². The first kappa shape index (κ1) is 20.4. The molecule has 28 heavy (non-hydrogen) atoms. The summed E-state index contributed by atoms with van der Waals surface area (Å²) >= 11 is 1.19. The zero-order valence-corrected chi connectivity index (χ0v) is 17.1. The van der Waals surface area contributed by atoms with Crippen LogP contribution in [0.5, 0.6) is 0 Å². The van der Waals surface area contributed by atoms with Crippen LogP contribution >= 0.6 is 11.8 Å². The van der Waals surface area contributed by atoms with Gasteiger partial charge in [0.25, 0.3) is 0 Å². The van der Waals surface area contributed by atoms with Crippen molar-refractivity contribution in [2.75, 3.05) is 0 Å². The van der Waals surface area contributed by atoms with Gasteiger partial charge in [0.1, 0.15) is 0 Å². The Labute approximate surface area is 171 Å². The highest BCUT2D eigenvalue weighted by Crippen LogP contribution is 2.37. The monoisotopic (exact) mass is 390 g/mol. The molecule has 0 saturated heterocycles. The Morgan fingerprint density at radius 2 is 1.39 bits per heavy atom. The highest BCUT2D eigenvalue weighted by molar-refractivity contribution is 8.13. The average molecular weight is 391 g/mol. The summed E-state index contributed by atoms with van der Waals surface area (Å²) in [5.74, 6) is -0.0486. The summed E-state index contributed by atoms with van der Waals surface area (Å²) in [6.07, 6.45) is 0.111. The number of carbonyl (C=O) groups excluding carboxylic acids is 1. The Hall–Kier alpha value is -2.36. The summed E-state index contributed by atoms with van der Waals surface area (Å²) in [4.78, 5) is 14.1. The number of hydrogen-bond acceptors (Lipinski definition) is 3. The van der Waals surface area contributed by atoms with E-state index in [0.29, 0.717) is 5.92 Å². The molecule has 0 heterocycles. The van der Waals surface area contributed by atoms with Crippen LogP contribution < -0.4 is 0 Å². The Bertz CT molecular complexity index is 873. The normalized spacial score (nSPS) is 13.3. The molecule has 0 unspecified atom stereocenters. The lowest BCUT2D eigenvalue weighted by Gasteiger charge is -2.23. The third-order valence-corrected chi connectivity index (χ3v) is 5.62. The molecule has 2 nitrogen and oxygen atoms in total. The summed E-state index contributed by atoms with van der Waals surface area (Å²) in [6.45, 7) is 4.38. The molecule has 0 saturated carbocycles. The first-order valence-corrected chi connectivity index (χ1v) is 10.4. The molecule has 0 aromatic heterocycles. The molecule has 0 aliphatic heterocycles.